The summed E-state index contributed by atoms with van der Waals surface area (Å²) in [6.45, 7) is 7.84. The van der Waals surface area contributed by atoms with E-state index in [0.717, 1.165) is 24.4 Å². The third-order valence-corrected chi connectivity index (χ3v) is 6.99. The molecular formula is C27H36N2O. The van der Waals surface area contributed by atoms with Crippen LogP contribution in [0.2, 0.25) is 0 Å². The average molecular weight is 405 g/mol. The molecule has 0 aromatic heterocycles. The van der Waals surface area contributed by atoms with Crippen LogP contribution in [0.25, 0.3) is 0 Å². The van der Waals surface area contributed by atoms with E-state index in [1.807, 2.05) is 12.1 Å². The van der Waals surface area contributed by atoms with Crippen molar-refractivity contribution in [3.8, 4) is 0 Å². The van der Waals surface area contributed by atoms with Crippen molar-refractivity contribution in [2.75, 3.05) is 13.1 Å². The number of likely N-dealkylation sites (tertiary alicyclic amines) is 1. The van der Waals surface area contributed by atoms with Crippen LogP contribution in [0.1, 0.15) is 84.6 Å². The van der Waals surface area contributed by atoms with Gasteiger partial charge >= 0.3 is 0 Å². The lowest BCUT2D eigenvalue weighted by Gasteiger charge is -2.30. The van der Waals surface area contributed by atoms with E-state index in [1.54, 1.807) is 0 Å². The summed E-state index contributed by atoms with van der Waals surface area (Å²) in [4.78, 5) is 15.4. The Kier molecular flexibility index (Phi) is 6.89. The minimum absolute atomic E-state index is 0.0258. The van der Waals surface area contributed by atoms with Gasteiger partial charge in [0.15, 0.2) is 0 Å². The van der Waals surface area contributed by atoms with Crippen molar-refractivity contribution in [3.05, 3.63) is 70.3 Å². The molecule has 0 unspecified atom stereocenters. The van der Waals surface area contributed by atoms with Gasteiger partial charge in [-0.2, -0.15) is 0 Å². The fraction of sp³-hybridized carbons (Fsp3) is 0.519. The predicted octanol–water partition coefficient (Wildman–Crippen LogP) is 5.68. The van der Waals surface area contributed by atoms with E-state index < -0.39 is 0 Å². The topological polar surface area (TPSA) is 32.3 Å². The normalized spacial score (nSPS) is 18.6. The summed E-state index contributed by atoms with van der Waals surface area (Å²) in [6, 6.07) is 15.1. The zero-order valence-electron chi connectivity index (χ0n) is 18.6. The molecule has 30 heavy (non-hydrogen) atoms. The molecular weight excluding hydrogens is 368 g/mol. The van der Waals surface area contributed by atoms with Crippen LogP contribution in [-0.4, -0.2) is 23.9 Å². The van der Waals surface area contributed by atoms with Gasteiger partial charge in [-0.3, -0.25) is 9.69 Å². The van der Waals surface area contributed by atoms with Crippen molar-refractivity contribution in [3.63, 3.8) is 0 Å². The summed E-state index contributed by atoms with van der Waals surface area (Å²) < 4.78 is 0. The highest BCUT2D eigenvalue weighted by Crippen LogP contribution is 2.26. The Morgan fingerprint density at radius 1 is 1.03 bits per heavy atom. The van der Waals surface area contributed by atoms with E-state index in [1.165, 1.54) is 73.9 Å². The van der Waals surface area contributed by atoms with Crippen molar-refractivity contribution >= 4 is 5.91 Å². The van der Waals surface area contributed by atoms with Crippen LogP contribution in [0.15, 0.2) is 42.5 Å². The molecule has 1 aliphatic carbocycles. The van der Waals surface area contributed by atoms with Crippen molar-refractivity contribution < 1.29 is 4.79 Å². The Balaban J connectivity index is 1.37. The van der Waals surface area contributed by atoms with Crippen LogP contribution in [0.5, 0.6) is 0 Å². The van der Waals surface area contributed by atoms with Gasteiger partial charge in [0.05, 0.1) is 6.04 Å². The highest BCUT2D eigenvalue weighted by molar-refractivity contribution is 5.94. The first kappa shape index (κ1) is 21.1. The molecule has 3 heteroatoms. The molecule has 1 atom stereocenters. The largest absolute Gasteiger partial charge is 0.345 e. The number of fused-ring (bicyclic) bond motifs is 1. The second-order valence-electron chi connectivity index (χ2n) is 9.33. The molecule has 2 aromatic carbocycles. The Bertz CT molecular complexity index is 850. The van der Waals surface area contributed by atoms with Gasteiger partial charge < -0.3 is 5.32 Å². The van der Waals surface area contributed by atoms with E-state index in [2.05, 4.69) is 54.4 Å². The minimum Gasteiger partial charge on any atom is -0.345 e. The molecule has 3 nitrogen and oxygen atoms in total. The van der Waals surface area contributed by atoms with E-state index in [9.17, 15) is 4.79 Å². The zero-order valence-corrected chi connectivity index (χ0v) is 18.6. The summed E-state index contributed by atoms with van der Waals surface area (Å²) in [7, 11) is 0. The minimum atomic E-state index is 0.0258. The molecule has 1 aliphatic heterocycles. The average Bonchev–Trinajstić information content (AvgIpc) is 2.79. The highest BCUT2D eigenvalue weighted by Gasteiger charge is 2.18. The standard InChI is InChI=1S/C27H36N2O/c1-3-26(25-13-12-22-6-4-5-7-24(22)18-25)28-27(30)23-10-8-21(9-11-23)19-29-16-14-20(2)15-17-29/h8-13,18,20,26H,3-7,14-17,19H2,1-2H3,(H,28,30)/t26-/m0/s1. The van der Waals surface area contributed by atoms with E-state index in [0.29, 0.717) is 0 Å². The van der Waals surface area contributed by atoms with Gasteiger partial charge in [0.25, 0.3) is 5.91 Å². The number of aryl methyl sites for hydroxylation is 2. The van der Waals surface area contributed by atoms with Crippen LogP contribution in [0.3, 0.4) is 0 Å². The van der Waals surface area contributed by atoms with Crippen LogP contribution in [-0.2, 0) is 19.4 Å². The summed E-state index contributed by atoms with van der Waals surface area (Å²) >= 11 is 0. The maximum atomic E-state index is 12.9. The molecule has 0 spiro atoms. The second kappa shape index (κ2) is 9.78. The summed E-state index contributed by atoms with van der Waals surface area (Å²) in [5.74, 6) is 0.881. The number of benzene rings is 2. The number of nitrogens with zero attached hydrogens (tertiary/aromatic N) is 1. The monoisotopic (exact) mass is 404 g/mol. The predicted molar refractivity (Wildman–Crippen MR) is 124 cm³/mol. The Labute approximate surface area is 181 Å². The zero-order chi connectivity index (χ0) is 20.9. The molecule has 0 radical (unpaired) electrons. The maximum Gasteiger partial charge on any atom is 0.251 e. The third kappa shape index (κ3) is 5.13. The smallest absolute Gasteiger partial charge is 0.251 e. The van der Waals surface area contributed by atoms with Crippen molar-refractivity contribution in [1.29, 1.82) is 0 Å². The lowest BCUT2D eigenvalue weighted by atomic mass is 9.88. The van der Waals surface area contributed by atoms with Crippen LogP contribution < -0.4 is 5.32 Å². The van der Waals surface area contributed by atoms with Crippen LogP contribution in [0, 0.1) is 5.92 Å². The Morgan fingerprint density at radius 2 is 1.73 bits per heavy atom. The molecule has 2 aliphatic rings. The van der Waals surface area contributed by atoms with E-state index >= 15 is 0 Å². The molecule has 1 N–H and O–H groups in total. The van der Waals surface area contributed by atoms with Gasteiger partial charge in [-0.1, -0.05) is 44.2 Å². The molecule has 4 rings (SSSR count). The quantitative estimate of drug-likeness (QED) is 0.672. The third-order valence-electron chi connectivity index (χ3n) is 6.99. The van der Waals surface area contributed by atoms with Crippen molar-refractivity contribution in [2.24, 2.45) is 5.92 Å². The molecule has 160 valence electrons. The molecule has 1 saturated heterocycles. The van der Waals surface area contributed by atoms with Gasteiger partial charge in [0.2, 0.25) is 0 Å². The maximum absolute atomic E-state index is 12.9. The number of amides is 1. The van der Waals surface area contributed by atoms with Gasteiger partial charge in [-0.05, 0) is 98.3 Å². The molecule has 0 saturated carbocycles. The Morgan fingerprint density at radius 3 is 2.43 bits per heavy atom. The molecule has 1 fully saturated rings. The first-order chi connectivity index (χ1) is 14.6. The number of carbonyl (C=O) groups excluding carboxylic acids is 1. The fourth-order valence-corrected chi connectivity index (χ4v) is 4.87. The van der Waals surface area contributed by atoms with Crippen LogP contribution in [0.4, 0.5) is 0 Å². The number of nitrogens with one attached hydrogen (secondary N) is 1. The van der Waals surface area contributed by atoms with Gasteiger partial charge in [0.1, 0.15) is 0 Å². The number of hydrogen-bond acceptors (Lipinski definition) is 2. The summed E-state index contributed by atoms with van der Waals surface area (Å²) in [6.07, 6.45) is 8.43. The highest BCUT2D eigenvalue weighted by atomic mass is 16.1. The second-order valence-corrected chi connectivity index (χ2v) is 9.33. The molecule has 2 aromatic rings. The van der Waals surface area contributed by atoms with Gasteiger partial charge in [0, 0.05) is 12.1 Å². The summed E-state index contributed by atoms with van der Waals surface area (Å²) in [5, 5.41) is 3.26. The molecule has 1 heterocycles. The van der Waals surface area contributed by atoms with Crippen molar-refractivity contribution in [2.45, 2.75) is 71.4 Å². The van der Waals surface area contributed by atoms with Gasteiger partial charge in [-0.25, -0.2) is 0 Å². The lowest BCUT2D eigenvalue weighted by molar-refractivity contribution is 0.0935. The molecule has 1 amide bonds. The van der Waals surface area contributed by atoms with E-state index in [4.69, 9.17) is 0 Å². The number of hydrogen-bond donors (Lipinski definition) is 1. The SMILES string of the molecule is CC[C@H](NC(=O)c1ccc(CN2CCC(C)CC2)cc1)c1ccc2c(c1)CCCC2. The van der Waals surface area contributed by atoms with E-state index in [-0.39, 0.29) is 11.9 Å². The first-order valence-corrected chi connectivity index (χ1v) is 11.9. The van der Waals surface area contributed by atoms with Crippen LogP contribution >= 0.6 is 0 Å². The first-order valence-electron chi connectivity index (χ1n) is 11.9. The Hall–Kier alpha value is -2.13. The summed E-state index contributed by atoms with van der Waals surface area (Å²) in [5.41, 5.74) is 6.25. The fourth-order valence-electron chi connectivity index (χ4n) is 4.87. The lowest BCUT2D eigenvalue weighted by Crippen LogP contribution is -2.32. The van der Waals surface area contributed by atoms with Gasteiger partial charge in [-0.15, -0.1) is 0 Å². The molecule has 0 bridgehead atoms. The number of carbonyl (C=O) groups is 1. The van der Waals surface area contributed by atoms with Crippen molar-refractivity contribution in [1.82, 2.24) is 10.2 Å². The number of rotatable bonds is 6. The number of piperidine rings is 1.